The zero-order valence-corrected chi connectivity index (χ0v) is 11.9. The quantitative estimate of drug-likeness (QED) is 0.671. The number of hydrogen-bond acceptors (Lipinski definition) is 7. The van der Waals surface area contributed by atoms with Crippen LogP contribution < -0.4 is 5.32 Å². The summed E-state index contributed by atoms with van der Waals surface area (Å²) in [5.41, 5.74) is 1.08. The normalized spacial score (nSPS) is 10.1. The molecular formula is C13H13N3O3S. The van der Waals surface area contributed by atoms with E-state index in [1.54, 1.807) is 12.4 Å². The lowest BCUT2D eigenvalue weighted by atomic mass is 10.3. The van der Waals surface area contributed by atoms with Crippen LogP contribution in [0.25, 0.3) is 0 Å². The molecule has 0 saturated heterocycles. The van der Waals surface area contributed by atoms with Crippen LogP contribution in [0.3, 0.4) is 0 Å². The molecule has 0 amide bonds. The molecule has 0 saturated carbocycles. The van der Waals surface area contributed by atoms with Gasteiger partial charge in [0.25, 0.3) is 0 Å². The highest BCUT2D eigenvalue weighted by atomic mass is 32.1. The summed E-state index contributed by atoms with van der Waals surface area (Å²) in [4.78, 5) is 31.4. The molecule has 2 heterocycles. The molecule has 0 unspecified atom stereocenters. The highest BCUT2D eigenvalue weighted by molar-refractivity contribution is 7.17. The van der Waals surface area contributed by atoms with Crippen molar-refractivity contribution in [2.45, 2.75) is 13.5 Å². The Morgan fingerprint density at radius 3 is 2.65 bits per heavy atom. The van der Waals surface area contributed by atoms with E-state index in [4.69, 9.17) is 0 Å². The summed E-state index contributed by atoms with van der Waals surface area (Å²) in [6.45, 7) is 1.93. The van der Waals surface area contributed by atoms with Gasteiger partial charge >= 0.3 is 5.97 Å². The number of nitrogens with zero attached hydrogens (tertiary/aromatic N) is 2. The zero-order valence-electron chi connectivity index (χ0n) is 11.0. The smallest absolute Gasteiger partial charge is 0.358 e. The van der Waals surface area contributed by atoms with E-state index in [1.165, 1.54) is 14.0 Å². The molecule has 104 valence electrons. The van der Waals surface area contributed by atoms with E-state index in [9.17, 15) is 9.59 Å². The third-order valence-corrected chi connectivity index (χ3v) is 3.63. The second-order valence-electron chi connectivity index (χ2n) is 3.95. The van der Waals surface area contributed by atoms with E-state index in [-0.39, 0.29) is 11.5 Å². The van der Waals surface area contributed by atoms with Crippen molar-refractivity contribution in [3.63, 3.8) is 0 Å². The Morgan fingerprint density at radius 2 is 2.05 bits per heavy atom. The number of thiazole rings is 1. The van der Waals surface area contributed by atoms with E-state index < -0.39 is 5.97 Å². The highest BCUT2D eigenvalue weighted by Gasteiger charge is 2.21. The van der Waals surface area contributed by atoms with Crippen molar-refractivity contribution in [2.24, 2.45) is 0 Å². The van der Waals surface area contributed by atoms with Crippen LogP contribution in [0.1, 0.15) is 32.6 Å². The van der Waals surface area contributed by atoms with Gasteiger partial charge in [0.1, 0.15) is 4.88 Å². The zero-order chi connectivity index (χ0) is 14.5. The van der Waals surface area contributed by atoms with Gasteiger partial charge in [0.15, 0.2) is 16.6 Å². The van der Waals surface area contributed by atoms with Gasteiger partial charge in [-0.05, 0) is 17.7 Å². The van der Waals surface area contributed by atoms with Gasteiger partial charge in [-0.1, -0.05) is 11.3 Å². The van der Waals surface area contributed by atoms with E-state index >= 15 is 0 Å². The van der Waals surface area contributed by atoms with Crippen LogP contribution in [-0.4, -0.2) is 28.8 Å². The monoisotopic (exact) mass is 291 g/mol. The van der Waals surface area contributed by atoms with Crippen molar-refractivity contribution < 1.29 is 14.3 Å². The van der Waals surface area contributed by atoms with Crippen LogP contribution in [0.2, 0.25) is 0 Å². The number of nitrogens with one attached hydrogen (secondary N) is 1. The predicted molar refractivity (Wildman–Crippen MR) is 75.0 cm³/mol. The number of ether oxygens (including phenoxy) is 1. The lowest BCUT2D eigenvalue weighted by Gasteiger charge is -2.01. The number of carbonyl (C=O) groups is 2. The first-order chi connectivity index (χ1) is 9.61. The van der Waals surface area contributed by atoms with Gasteiger partial charge in [0, 0.05) is 25.9 Å². The number of hydrogen-bond donors (Lipinski definition) is 1. The summed E-state index contributed by atoms with van der Waals surface area (Å²) < 4.78 is 4.62. The Hall–Kier alpha value is -2.28. The van der Waals surface area contributed by atoms with Gasteiger partial charge < -0.3 is 10.1 Å². The van der Waals surface area contributed by atoms with Crippen LogP contribution in [0, 0.1) is 0 Å². The molecule has 20 heavy (non-hydrogen) atoms. The molecule has 0 aliphatic rings. The number of anilines is 1. The summed E-state index contributed by atoms with van der Waals surface area (Å²) in [6, 6.07) is 3.74. The number of aromatic nitrogens is 2. The number of methoxy groups -OCH3 is 1. The molecule has 1 N–H and O–H groups in total. The van der Waals surface area contributed by atoms with Crippen molar-refractivity contribution in [1.29, 1.82) is 0 Å². The Morgan fingerprint density at radius 1 is 1.35 bits per heavy atom. The second-order valence-corrected chi connectivity index (χ2v) is 4.95. The fourth-order valence-corrected chi connectivity index (χ4v) is 2.39. The molecule has 0 aliphatic heterocycles. The topological polar surface area (TPSA) is 81.2 Å². The predicted octanol–water partition coefficient (Wildman–Crippen LogP) is 2.14. The number of rotatable bonds is 5. The molecular weight excluding hydrogens is 278 g/mol. The lowest BCUT2D eigenvalue weighted by Crippen LogP contribution is -2.07. The maximum atomic E-state index is 11.6. The fourth-order valence-electron chi connectivity index (χ4n) is 1.55. The van der Waals surface area contributed by atoms with Gasteiger partial charge in [0.05, 0.1) is 7.11 Å². The Balaban J connectivity index is 2.17. The summed E-state index contributed by atoms with van der Waals surface area (Å²) >= 11 is 1.14. The minimum atomic E-state index is -0.608. The average molecular weight is 291 g/mol. The van der Waals surface area contributed by atoms with Gasteiger partial charge in [-0.25, -0.2) is 9.78 Å². The van der Waals surface area contributed by atoms with Crippen LogP contribution in [0.5, 0.6) is 0 Å². The van der Waals surface area contributed by atoms with Crippen molar-refractivity contribution in [2.75, 3.05) is 12.4 Å². The van der Waals surface area contributed by atoms with Crippen molar-refractivity contribution in [3.8, 4) is 0 Å². The first-order valence-electron chi connectivity index (χ1n) is 5.84. The molecule has 2 rings (SSSR count). The average Bonchev–Trinajstić information content (AvgIpc) is 2.90. The van der Waals surface area contributed by atoms with E-state index in [2.05, 4.69) is 20.0 Å². The van der Waals surface area contributed by atoms with Crippen molar-refractivity contribution in [1.82, 2.24) is 9.97 Å². The number of pyridine rings is 1. The lowest BCUT2D eigenvalue weighted by molar-refractivity contribution is 0.0591. The first kappa shape index (κ1) is 14.1. The van der Waals surface area contributed by atoms with Gasteiger partial charge in [-0.3, -0.25) is 9.78 Å². The summed E-state index contributed by atoms with van der Waals surface area (Å²) in [6.07, 6.45) is 3.39. The molecule has 0 fully saturated rings. The maximum absolute atomic E-state index is 11.6. The van der Waals surface area contributed by atoms with Crippen LogP contribution in [0.15, 0.2) is 24.5 Å². The standard InChI is InChI=1S/C13H13N3O3S/c1-8(17)11-10(12(18)19-2)16-13(20-11)15-7-9-3-5-14-6-4-9/h3-6H,7H2,1-2H3,(H,15,16). The van der Waals surface area contributed by atoms with Gasteiger partial charge in [-0.2, -0.15) is 0 Å². The molecule has 7 heteroatoms. The second kappa shape index (κ2) is 6.25. The summed E-state index contributed by atoms with van der Waals surface area (Å²) in [5.74, 6) is -0.816. The van der Waals surface area contributed by atoms with Gasteiger partial charge in [-0.15, -0.1) is 0 Å². The number of esters is 1. The van der Waals surface area contributed by atoms with E-state index in [0.717, 1.165) is 16.9 Å². The van der Waals surface area contributed by atoms with E-state index in [0.29, 0.717) is 16.6 Å². The van der Waals surface area contributed by atoms with Gasteiger partial charge in [0.2, 0.25) is 0 Å². The third-order valence-electron chi connectivity index (χ3n) is 2.52. The SMILES string of the molecule is COC(=O)c1nc(NCc2ccncc2)sc1C(C)=O. The fraction of sp³-hybridized carbons (Fsp3) is 0.231. The highest BCUT2D eigenvalue weighted by Crippen LogP contribution is 2.24. The molecule has 2 aromatic heterocycles. The minimum absolute atomic E-state index is 0.0576. The van der Waals surface area contributed by atoms with Crippen LogP contribution in [0.4, 0.5) is 5.13 Å². The molecule has 2 aromatic rings. The van der Waals surface area contributed by atoms with E-state index in [1.807, 2.05) is 12.1 Å². The molecule has 0 aliphatic carbocycles. The Kier molecular flexibility index (Phi) is 4.41. The Bertz CT molecular complexity index is 625. The van der Waals surface area contributed by atoms with Crippen LogP contribution >= 0.6 is 11.3 Å². The largest absolute Gasteiger partial charge is 0.464 e. The van der Waals surface area contributed by atoms with Crippen LogP contribution in [-0.2, 0) is 11.3 Å². The minimum Gasteiger partial charge on any atom is -0.464 e. The molecule has 0 spiro atoms. The molecule has 0 atom stereocenters. The number of ketones is 1. The summed E-state index contributed by atoms with van der Waals surface area (Å²) in [7, 11) is 1.26. The summed E-state index contributed by atoms with van der Waals surface area (Å²) in [5, 5.41) is 3.58. The third kappa shape index (κ3) is 3.18. The molecule has 0 aromatic carbocycles. The van der Waals surface area contributed by atoms with Crippen molar-refractivity contribution in [3.05, 3.63) is 40.7 Å². The molecule has 0 radical (unpaired) electrons. The number of carbonyl (C=O) groups excluding carboxylic acids is 2. The Labute approximate surface area is 119 Å². The van der Waals surface area contributed by atoms with Crippen molar-refractivity contribution >= 4 is 28.2 Å². The number of Topliss-reactive ketones (excluding diaryl/α,β-unsaturated/α-hetero) is 1. The molecule has 6 nitrogen and oxygen atoms in total. The maximum Gasteiger partial charge on any atom is 0.358 e. The first-order valence-corrected chi connectivity index (χ1v) is 6.66. The molecule has 0 bridgehead atoms.